The Hall–Kier alpha value is -1.81. The van der Waals surface area contributed by atoms with Crippen molar-refractivity contribution in [3.05, 3.63) is 57.6 Å². The fourth-order valence-corrected chi connectivity index (χ4v) is 3.34. The molecule has 2 rings (SSSR count). The summed E-state index contributed by atoms with van der Waals surface area (Å²) in [6.45, 7) is 8.34. The SMILES string of the molecule is CCC(C)c1ccc(NC(=O)COc2c(C)cc(C)cc2Br)cc1. The van der Waals surface area contributed by atoms with E-state index in [2.05, 4.69) is 47.2 Å². The van der Waals surface area contributed by atoms with Crippen LogP contribution in [0.3, 0.4) is 0 Å². The molecule has 0 radical (unpaired) electrons. The van der Waals surface area contributed by atoms with E-state index in [1.54, 1.807) is 0 Å². The van der Waals surface area contributed by atoms with Gasteiger partial charge in [-0.25, -0.2) is 0 Å². The minimum atomic E-state index is -0.168. The second kappa shape index (κ2) is 8.34. The van der Waals surface area contributed by atoms with Gasteiger partial charge in [0.15, 0.2) is 6.61 Å². The molecule has 1 N–H and O–H groups in total. The highest BCUT2D eigenvalue weighted by molar-refractivity contribution is 9.10. The average molecular weight is 390 g/mol. The lowest BCUT2D eigenvalue weighted by Crippen LogP contribution is -2.20. The van der Waals surface area contributed by atoms with E-state index in [4.69, 9.17) is 4.74 Å². The zero-order valence-corrected chi connectivity index (χ0v) is 16.2. The number of hydrogen-bond acceptors (Lipinski definition) is 2. The number of amides is 1. The van der Waals surface area contributed by atoms with Crippen LogP contribution >= 0.6 is 15.9 Å². The normalized spacial score (nSPS) is 11.9. The fourth-order valence-electron chi connectivity index (χ4n) is 2.55. The highest BCUT2D eigenvalue weighted by atomic mass is 79.9. The largest absolute Gasteiger partial charge is 0.482 e. The van der Waals surface area contributed by atoms with Crippen molar-refractivity contribution < 1.29 is 9.53 Å². The van der Waals surface area contributed by atoms with E-state index in [0.29, 0.717) is 11.7 Å². The molecular weight excluding hydrogens is 366 g/mol. The van der Waals surface area contributed by atoms with Crippen LogP contribution in [0.1, 0.15) is 42.9 Å². The van der Waals surface area contributed by atoms with E-state index >= 15 is 0 Å². The van der Waals surface area contributed by atoms with E-state index in [1.165, 1.54) is 5.56 Å². The van der Waals surface area contributed by atoms with E-state index in [-0.39, 0.29) is 12.5 Å². The van der Waals surface area contributed by atoms with Crippen LogP contribution in [0, 0.1) is 13.8 Å². The average Bonchev–Trinajstić information content (AvgIpc) is 2.53. The van der Waals surface area contributed by atoms with E-state index in [1.807, 2.05) is 38.1 Å². The second-order valence-electron chi connectivity index (χ2n) is 6.16. The first-order valence-electron chi connectivity index (χ1n) is 8.20. The van der Waals surface area contributed by atoms with Gasteiger partial charge in [0.1, 0.15) is 5.75 Å². The summed E-state index contributed by atoms with van der Waals surface area (Å²) >= 11 is 3.49. The van der Waals surface area contributed by atoms with E-state index < -0.39 is 0 Å². The molecule has 1 unspecified atom stereocenters. The Balaban J connectivity index is 1.94. The summed E-state index contributed by atoms with van der Waals surface area (Å²) in [5, 5.41) is 2.87. The van der Waals surface area contributed by atoms with Crippen molar-refractivity contribution in [3.8, 4) is 5.75 Å². The van der Waals surface area contributed by atoms with Gasteiger partial charge >= 0.3 is 0 Å². The number of anilines is 1. The maximum Gasteiger partial charge on any atom is 0.262 e. The van der Waals surface area contributed by atoms with E-state index in [9.17, 15) is 4.79 Å². The van der Waals surface area contributed by atoms with E-state index in [0.717, 1.165) is 27.7 Å². The summed E-state index contributed by atoms with van der Waals surface area (Å²) in [6, 6.07) is 12.0. The third kappa shape index (κ3) is 4.84. The van der Waals surface area contributed by atoms with Gasteiger partial charge in [0.25, 0.3) is 5.91 Å². The van der Waals surface area contributed by atoms with Gasteiger partial charge in [-0.05, 0) is 77.0 Å². The van der Waals surface area contributed by atoms with Crippen LogP contribution in [0.4, 0.5) is 5.69 Å². The van der Waals surface area contributed by atoms with Gasteiger partial charge < -0.3 is 10.1 Å². The van der Waals surface area contributed by atoms with Gasteiger partial charge in [0.05, 0.1) is 4.47 Å². The van der Waals surface area contributed by atoms with Crippen molar-refractivity contribution in [2.75, 3.05) is 11.9 Å². The van der Waals surface area contributed by atoms with Crippen LogP contribution in [0.5, 0.6) is 5.75 Å². The van der Waals surface area contributed by atoms with Gasteiger partial charge in [-0.2, -0.15) is 0 Å². The van der Waals surface area contributed by atoms with Crippen LogP contribution in [0.2, 0.25) is 0 Å². The van der Waals surface area contributed by atoms with Gasteiger partial charge in [-0.3, -0.25) is 4.79 Å². The Morgan fingerprint density at radius 1 is 1.21 bits per heavy atom. The smallest absolute Gasteiger partial charge is 0.262 e. The summed E-state index contributed by atoms with van der Waals surface area (Å²) in [7, 11) is 0. The number of benzene rings is 2. The monoisotopic (exact) mass is 389 g/mol. The van der Waals surface area contributed by atoms with Crippen LogP contribution in [0.15, 0.2) is 40.9 Å². The Morgan fingerprint density at radius 2 is 1.88 bits per heavy atom. The number of aryl methyl sites for hydroxylation is 2. The van der Waals surface area contributed by atoms with Crippen molar-refractivity contribution in [3.63, 3.8) is 0 Å². The number of rotatable bonds is 6. The Kier molecular flexibility index (Phi) is 6.44. The first kappa shape index (κ1) is 18.5. The molecule has 0 saturated heterocycles. The molecule has 2 aromatic carbocycles. The lowest BCUT2D eigenvalue weighted by molar-refractivity contribution is -0.118. The van der Waals surface area contributed by atoms with Crippen molar-refractivity contribution >= 4 is 27.5 Å². The van der Waals surface area contributed by atoms with Crippen LogP contribution < -0.4 is 10.1 Å². The third-order valence-electron chi connectivity index (χ3n) is 4.10. The number of ether oxygens (including phenoxy) is 1. The number of carbonyl (C=O) groups excluding carboxylic acids is 1. The van der Waals surface area contributed by atoms with Crippen LogP contribution in [-0.4, -0.2) is 12.5 Å². The van der Waals surface area contributed by atoms with Crippen molar-refractivity contribution in [1.82, 2.24) is 0 Å². The number of halogens is 1. The zero-order valence-electron chi connectivity index (χ0n) is 14.7. The Bertz CT molecular complexity index is 687. The van der Waals surface area contributed by atoms with Crippen molar-refractivity contribution in [2.24, 2.45) is 0 Å². The molecule has 128 valence electrons. The molecule has 0 aromatic heterocycles. The molecule has 1 amide bonds. The van der Waals surface area contributed by atoms with Crippen molar-refractivity contribution in [2.45, 2.75) is 40.0 Å². The maximum absolute atomic E-state index is 12.1. The minimum Gasteiger partial charge on any atom is -0.482 e. The number of carbonyl (C=O) groups is 1. The van der Waals surface area contributed by atoms with Crippen LogP contribution in [0.25, 0.3) is 0 Å². The molecular formula is C20H24BrNO2. The molecule has 4 heteroatoms. The molecule has 1 atom stereocenters. The minimum absolute atomic E-state index is 0.0182. The predicted molar refractivity (Wildman–Crippen MR) is 103 cm³/mol. The summed E-state index contributed by atoms with van der Waals surface area (Å²) < 4.78 is 6.54. The highest BCUT2D eigenvalue weighted by Gasteiger charge is 2.10. The summed E-state index contributed by atoms with van der Waals surface area (Å²) in [4.78, 5) is 12.1. The predicted octanol–water partition coefficient (Wildman–Crippen LogP) is 5.60. The second-order valence-corrected chi connectivity index (χ2v) is 7.02. The zero-order chi connectivity index (χ0) is 17.7. The number of nitrogens with one attached hydrogen (secondary N) is 1. The summed E-state index contributed by atoms with van der Waals surface area (Å²) in [5.41, 5.74) is 4.23. The molecule has 24 heavy (non-hydrogen) atoms. The Morgan fingerprint density at radius 3 is 2.46 bits per heavy atom. The molecule has 0 fully saturated rings. The van der Waals surface area contributed by atoms with Crippen molar-refractivity contribution in [1.29, 1.82) is 0 Å². The topological polar surface area (TPSA) is 38.3 Å². The molecule has 3 nitrogen and oxygen atoms in total. The molecule has 0 bridgehead atoms. The molecule has 0 aliphatic carbocycles. The summed E-state index contributed by atoms with van der Waals surface area (Å²) in [6.07, 6.45) is 1.10. The lowest BCUT2D eigenvalue weighted by Gasteiger charge is -2.13. The molecule has 0 aliphatic rings. The number of hydrogen-bond donors (Lipinski definition) is 1. The molecule has 2 aromatic rings. The fraction of sp³-hybridized carbons (Fsp3) is 0.350. The first-order valence-corrected chi connectivity index (χ1v) is 8.99. The van der Waals surface area contributed by atoms with Gasteiger partial charge in [0, 0.05) is 5.69 Å². The quantitative estimate of drug-likeness (QED) is 0.698. The van der Waals surface area contributed by atoms with Gasteiger partial charge in [-0.1, -0.05) is 32.0 Å². The third-order valence-corrected chi connectivity index (χ3v) is 4.69. The molecule has 0 aliphatic heterocycles. The van der Waals surface area contributed by atoms with Crippen LogP contribution in [-0.2, 0) is 4.79 Å². The van der Waals surface area contributed by atoms with Gasteiger partial charge in [0.2, 0.25) is 0 Å². The lowest BCUT2D eigenvalue weighted by atomic mass is 9.99. The Labute approximate surface area is 152 Å². The maximum atomic E-state index is 12.1. The molecule has 0 heterocycles. The molecule has 0 saturated carbocycles. The first-order chi connectivity index (χ1) is 11.4. The highest BCUT2D eigenvalue weighted by Crippen LogP contribution is 2.30. The van der Waals surface area contributed by atoms with Gasteiger partial charge in [-0.15, -0.1) is 0 Å². The molecule has 0 spiro atoms. The standard InChI is InChI=1S/C20H24BrNO2/c1-5-14(3)16-6-8-17(9-7-16)22-19(23)12-24-20-15(4)10-13(2)11-18(20)21/h6-11,14H,5,12H2,1-4H3,(H,22,23). The summed E-state index contributed by atoms with van der Waals surface area (Å²) in [5.74, 6) is 1.07.